The number of allylic oxidation sites excluding steroid dienone is 1. The summed E-state index contributed by atoms with van der Waals surface area (Å²) < 4.78 is 27.7. The van der Waals surface area contributed by atoms with Gasteiger partial charge in [-0.25, -0.2) is 0 Å². The number of hydrogen-bond donors (Lipinski definition) is 3. The smallest absolute Gasteiger partial charge is 0.246 e. The van der Waals surface area contributed by atoms with Gasteiger partial charge in [-0.2, -0.15) is 5.26 Å². The van der Waals surface area contributed by atoms with Crippen molar-refractivity contribution in [2.75, 3.05) is 71.3 Å². The van der Waals surface area contributed by atoms with Crippen LogP contribution in [0.5, 0.6) is 5.75 Å². The largest absolute Gasteiger partial charge is 0.490 e. The Hall–Kier alpha value is -2.66. The third kappa shape index (κ3) is 21.7. The van der Waals surface area contributed by atoms with Crippen LogP contribution in [-0.4, -0.2) is 89.2 Å². The van der Waals surface area contributed by atoms with E-state index in [0.717, 1.165) is 18.3 Å². The molecule has 0 aliphatic heterocycles. The highest BCUT2D eigenvalue weighted by atomic mass is 32.2. The summed E-state index contributed by atoms with van der Waals surface area (Å²) in [5.41, 5.74) is 0.0368. The average molecular weight is 595 g/mol. The van der Waals surface area contributed by atoms with Crippen LogP contribution in [-0.2, 0) is 28.5 Å². The first-order chi connectivity index (χ1) is 19.8. The minimum absolute atomic E-state index is 0.0685. The van der Waals surface area contributed by atoms with Gasteiger partial charge in [-0.05, 0) is 29.8 Å². The zero-order chi connectivity index (χ0) is 30.1. The van der Waals surface area contributed by atoms with E-state index >= 15 is 0 Å². The van der Waals surface area contributed by atoms with E-state index in [0.29, 0.717) is 56.4 Å². The normalized spacial score (nSPS) is 12.0. The van der Waals surface area contributed by atoms with Gasteiger partial charge < -0.3 is 39.6 Å². The van der Waals surface area contributed by atoms with E-state index < -0.39 is 5.44 Å². The number of ether oxygens (including phenoxy) is 5. The summed E-state index contributed by atoms with van der Waals surface area (Å²) in [5, 5.41) is 19.9. The topological polar surface area (TPSA) is 140 Å². The highest BCUT2D eigenvalue weighted by molar-refractivity contribution is 8.04. The maximum absolute atomic E-state index is 12.2. The molecule has 0 bridgehead atoms. The van der Waals surface area contributed by atoms with E-state index in [2.05, 4.69) is 43.6 Å². The van der Waals surface area contributed by atoms with Gasteiger partial charge in [-0.15, -0.1) is 0 Å². The summed E-state index contributed by atoms with van der Waals surface area (Å²) in [6.07, 6.45) is 4.13. The van der Waals surface area contributed by atoms with Crippen molar-refractivity contribution in [2.45, 2.75) is 45.6 Å². The molecule has 3 N–H and O–H groups in total. The fourth-order valence-corrected chi connectivity index (χ4v) is 3.52. The number of benzene rings is 1. The van der Waals surface area contributed by atoms with E-state index in [-0.39, 0.29) is 44.7 Å². The van der Waals surface area contributed by atoms with Crippen molar-refractivity contribution in [2.24, 2.45) is 5.92 Å². The van der Waals surface area contributed by atoms with Crippen molar-refractivity contribution in [3.8, 4) is 11.2 Å². The molecule has 0 fully saturated rings. The van der Waals surface area contributed by atoms with Crippen LogP contribution < -0.4 is 20.7 Å². The Morgan fingerprint density at radius 2 is 1.76 bits per heavy atom. The molecule has 230 valence electrons. The molecule has 1 rings (SSSR count). The third-order valence-corrected chi connectivity index (χ3v) is 5.68. The maximum Gasteiger partial charge on any atom is 0.246 e. The first-order valence-corrected chi connectivity index (χ1v) is 14.8. The number of rotatable bonds is 24. The van der Waals surface area contributed by atoms with Gasteiger partial charge in [-0.3, -0.25) is 9.59 Å². The van der Waals surface area contributed by atoms with Gasteiger partial charge in [0, 0.05) is 30.9 Å². The van der Waals surface area contributed by atoms with Crippen LogP contribution in [0.15, 0.2) is 36.4 Å². The summed E-state index contributed by atoms with van der Waals surface area (Å²) in [6.45, 7) is 11.8. The molecule has 0 saturated carbocycles. The number of nitrogens with one attached hydrogen (secondary N) is 3. The monoisotopic (exact) mass is 594 g/mol. The molecule has 0 saturated heterocycles. The molecule has 1 atom stereocenters. The molecule has 12 heteroatoms. The molecule has 0 aliphatic rings. The molecule has 0 aromatic heterocycles. The van der Waals surface area contributed by atoms with E-state index in [1.807, 2.05) is 17.6 Å². The Kier molecular flexibility index (Phi) is 21.3. The van der Waals surface area contributed by atoms with E-state index in [4.69, 9.17) is 28.9 Å². The lowest BCUT2D eigenvalue weighted by atomic mass is 10.2. The first kappa shape index (κ1) is 36.4. The molecular weight excluding hydrogens is 548 g/mol. The highest BCUT2D eigenvalue weighted by Crippen LogP contribution is 2.20. The van der Waals surface area contributed by atoms with Gasteiger partial charge in [0.2, 0.25) is 11.8 Å². The molecule has 11 nitrogen and oxygen atoms in total. The second kappa shape index (κ2) is 24.0. The Bertz CT molecular complexity index is 925. The second-order valence-electron chi connectivity index (χ2n) is 9.51. The van der Waals surface area contributed by atoms with Crippen molar-refractivity contribution in [3.05, 3.63) is 36.4 Å². The lowest BCUT2D eigenvalue weighted by Gasteiger charge is -2.16. The molecule has 1 aromatic rings. The van der Waals surface area contributed by atoms with Gasteiger partial charge in [0.1, 0.15) is 24.4 Å². The van der Waals surface area contributed by atoms with Crippen molar-refractivity contribution in [3.63, 3.8) is 0 Å². The number of carbonyl (C=O) groups excluding carboxylic acids is 2. The number of nitrogens with zero attached hydrogens (tertiary/aromatic N) is 1. The molecule has 0 unspecified atom stereocenters. The Morgan fingerprint density at radius 3 is 2.49 bits per heavy atom. The zero-order valence-electron chi connectivity index (χ0n) is 24.7. The summed E-state index contributed by atoms with van der Waals surface area (Å²) >= 11 is 0.930. The van der Waals surface area contributed by atoms with Crippen molar-refractivity contribution in [1.29, 1.82) is 5.26 Å². The van der Waals surface area contributed by atoms with Crippen molar-refractivity contribution >= 4 is 29.3 Å². The highest BCUT2D eigenvalue weighted by Gasteiger charge is 2.12. The standard InChI is InChI=1S/C29H46N4O7S/c1-23(2)7-6-11-32-28(35)20-38-17-18-39-29(41-22-30)21-40-26-9-5-8-25(19-26)33-27(34)10-13-36-15-16-37-14-12-31-24(3)4/h5-9,19,23-24,29,31H,10-18,20-21H2,1-4H3,(H,32,35)(H,33,34)/b7-6+/t29-/m1/s1. The van der Waals surface area contributed by atoms with Crippen molar-refractivity contribution in [1.82, 2.24) is 10.6 Å². The molecule has 0 heterocycles. The predicted molar refractivity (Wildman–Crippen MR) is 161 cm³/mol. The molecular formula is C29H46N4O7S. The lowest BCUT2D eigenvalue weighted by molar-refractivity contribution is -0.126. The van der Waals surface area contributed by atoms with Crippen LogP contribution in [0.3, 0.4) is 0 Å². The Balaban J connectivity index is 2.24. The number of nitriles is 1. The maximum atomic E-state index is 12.2. The lowest BCUT2D eigenvalue weighted by Crippen LogP contribution is -2.28. The van der Waals surface area contributed by atoms with Crippen LogP contribution >= 0.6 is 11.8 Å². The predicted octanol–water partition coefficient (Wildman–Crippen LogP) is 3.33. The van der Waals surface area contributed by atoms with E-state index in [9.17, 15) is 9.59 Å². The third-order valence-electron chi connectivity index (χ3n) is 5.04. The fraction of sp³-hybridized carbons (Fsp3) is 0.621. The second-order valence-corrected chi connectivity index (χ2v) is 10.5. The number of hydrogen-bond acceptors (Lipinski definition) is 10. The summed E-state index contributed by atoms with van der Waals surface area (Å²) in [6, 6.07) is 7.40. The van der Waals surface area contributed by atoms with Crippen LogP contribution in [0.1, 0.15) is 34.1 Å². The minimum Gasteiger partial charge on any atom is -0.490 e. The quantitative estimate of drug-likeness (QED) is 0.0707. The fourth-order valence-electron chi connectivity index (χ4n) is 3.10. The summed E-state index contributed by atoms with van der Waals surface area (Å²) in [5.74, 6) is 0.572. The summed E-state index contributed by atoms with van der Waals surface area (Å²) in [4.78, 5) is 24.0. The van der Waals surface area contributed by atoms with Crippen LogP contribution in [0.4, 0.5) is 5.69 Å². The average Bonchev–Trinajstić information content (AvgIpc) is 2.92. The van der Waals surface area contributed by atoms with Gasteiger partial charge in [0.05, 0.1) is 46.1 Å². The van der Waals surface area contributed by atoms with E-state index in [1.165, 1.54) is 0 Å². The SMILES string of the molecule is CC(C)/C=C/CNC(=O)COCCO[C@@H](COc1cccc(NC(=O)CCOCCOCCNC(C)C)c1)SC#N. The molecule has 41 heavy (non-hydrogen) atoms. The van der Waals surface area contributed by atoms with E-state index in [1.54, 1.807) is 24.3 Å². The first-order valence-electron chi connectivity index (χ1n) is 13.9. The zero-order valence-corrected chi connectivity index (χ0v) is 25.5. The van der Waals surface area contributed by atoms with Gasteiger partial charge in [0.15, 0.2) is 5.44 Å². The Labute approximate surface area is 248 Å². The minimum atomic E-state index is -0.551. The molecule has 0 radical (unpaired) electrons. The molecule has 0 aliphatic carbocycles. The van der Waals surface area contributed by atoms with Crippen molar-refractivity contribution < 1.29 is 33.3 Å². The van der Waals surface area contributed by atoms with Crippen LogP contribution in [0, 0.1) is 16.6 Å². The molecule has 2 amide bonds. The van der Waals surface area contributed by atoms with Gasteiger partial charge >= 0.3 is 0 Å². The van der Waals surface area contributed by atoms with Crippen LogP contribution in [0.2, 0.25) is 0 Å². The van der Waals surface area contributed by atoms with Crippen LogP contribution in [0.25, 0.3) is 0 Å². The Morgan fingerprint density at radius 1 is 1.00 bits per heavy atom. The number of anilines is 1. The molecule has 0 spiro atoms. The number of amides is 2. The van der Waals surface area contributed by atoms with Gasteiger partial charge in [-0.1, -0.05) is 45.9 Å². The number of thioether (sulfide) groups is 1. The summed E-state index contributed by atoms with van der Waals surface area (Å²) in [7, 11) is 0. The van der Waals surface area contributed by atoms with Gasteiger partial charge in [0.25, 0.3) is 0 Å². The number of thiocyanates is 1. The number of carbonyl (C=O) groups is 2. The molecule has 1 aromatic carbocycles.